The maximum atomic E-state index is 12.2. The van der Waals surface area contributed by atoms with E-state index in [1.54, 1.807) is 39.0 Å². The van der Waals surface area contributed by atoms with Crippen LogP contribution in [0.1, 0.15) is 20.8 Å². The average molecular weight is 292 g/mol. The third kappa shape index (κ3) is 3.65. The highest BCUT2D eigenvalue weighted by Gasteiger charge is 2.31. The molecule has 1 aromatic rings. The number of hydrogen-bond donors (Lipinski definition) is 1. The van der Waals surface area contributed by atoms with Crippen molar-refractivity contribution in [3.05, 3.63) is 24.3 Å². The van der Waals surface area contributed by atoms with Crippen molar-refractivity contribution in [1.82, 2.24) is 4.90 Å². The summed E-state index contributed by atoms with van der Waals surface area (Å²) in [5, 5.41) is 9.81. The zero-order valence-corrected chi connectivity index (χ0v) is 12.5. The van der Waals surface area contributed by atoms with E-state index in [4.69, 9.17) is 4.74 Å². The van der Waals surface area contributed by atoms with Crippen molar-refractivity contribution in [1.29, 1.82) is 0 Å². The van der Waals surface area contributed by atoms with Gasteiger partial charge in [-0.2, -0.15) is 0 Å². The van der Waals surface area contributed by atoms with Crippen LogP contribution in [0.2, 0.25) is 0 Å². The van der Waals surface area contributed by atoms with Gasteiger partial charge in [-0.05, 0) is 32.9 Å². The topological polar surface area (TPSA) is 70.1 Å². The summed E-state index contributed by atoms with van der Waals surface area (Å²) in [6.45, 7) is 5.99. The Morgan fingerprint density at radius 2 is 1.90 bits per heavy atom. The number of rotatable bonds is 1. The van der Waals surface area contributed by atoms with Crippen molar-refractivity contribution in [3.63, 3.8) is 0 Å². The maximum absolute atomic E-state index is 12.2. The molecule has 0 atom stereocenters. The Balaban J connectivity index is 2.05. The number of amides is 2. The quantitative estimate of drug-likeness (QED) is 0.859. The standard InChI is InChI=1S/C15H20N2O4/c1-15(2,3)21-14(20)16-8-9-17(13(19)10-16)11-6-4-5-7-12(11)18/h4-7,18H,8-10H2,1-3H3. The molecule has 114 valence electrons. The fourth-order valence-corrected chi connectivity index (χ4v) is 2.10. The number of nitrogens with zero attached hydrogens (tertiary/aromatic N) is 2. The Morgan fingerprint density at radius 1 is 1.24 bits per heavy atom. The molecule has 21 heavy (non-hydrogen) atoms. The Labute approximate surface area is 123 Å². The lowest BCUT2D eigenvalue weighted by Gasteiger charge is -2.35. The van der Waals surface area contributed by atoms with E-state index >= 15 is 0 Å². The molecule has 1 aliphatic heterocycles. The molecule has 6 heteroatoms. The highest BCUT2D eigenvalue weighted by atomic mass is 16.6. The van der Waals surface area contributed by atoms with Crippen LogP contribution in [0, 0.1) is 0 Å². The van der Waals surface area contributed by atoms with Gasteiger partial charge in [0.25, 0.3) is 0 Å². The van der Waals surface area contributed by atoms with Crippen LogP contribution < -0.4 is 4.90 Å². The Hall–Kier alpha value is -2.24. The van der Waals surface area contributed by atoms with E-state index < -0.39 is 11.7 Å². The zero-order valence-electron chi connectivity index (χ0n) is 12.5. The van der Waals surface area contributed by atoms with Crippen LogP contribution in [-0.4, -0.2) is 47.2 Å². The highest BCUT2D eigenvalue weighted by Crippen LogP contribution is 2.27. The number of ether oxygens (including phenoxy) is 1. The summed E-state index contributed by atoms with van der Waals surface area (Å²) in [7, 11) is 0. The van der Waals surface area contributed by atoms with Crippen molar-refractivity contribution in [3.8, 4) is 5.75 Å². The van der Waals surface area contributed by atoms with Crippen LogP contribution >= 0.6 is 0 Å². The molecule has 6 nitrogen and oxygen atoms in total. The number of phenols is 1. The minimum absolute atomic E-state index is 0.0523. The molecule has 0 aromatic heterocycles. The summed E-state index contributed by atoms with van der Waals surface area (Å²) in [5.41, 5.74) is -0.124. The van der Waals surface area contributed by atoms with Gasteiger partial charge in [0.1, 0.15) is 17.9 Å². The predicted molar refractivity (Wildman–Crippen MR) is 78.3 cm³/mol. The van der Waals surface area contributed by atoms with Gasteiger partial charge in [0.15, 0.2) is 0 Å². The molecular formula is C15H20N2O4. The normalized spacial score (nSPS) is 16.0. The Kier molecular flexibility index (Phi) is 4.06. The van der Waals surface area contributed by atoms with Gasteiger partial charge in [0.2, 0.25) is 5.91 Å². The number of hydrogen-bond acceptors (Lipinski definition) is 4. The molecule has 1 aromatic carbocycles. The number of para-hydroxylation sites is 2. The molecule has 1 N–H and O–H groups in total. The molecule has 0 bridgehead atoms. The van der Waals surface area contributed by atoms with E-state index in [0.717, 1.165) is 0 Å². The smallest absolute Gasteiger partial charge is 0.410 e. The van der Waals surface area contributed by atoms with E-state index in [9.17, 15) is 14.7 Å². The summed E-state index contributed by atoms with van der Waals surface area (Å²) < 4.78 is 5.26. The van der Waals surface area contributed by atoms with E-state index in [2.05, 4.69) is 0 Å². The second kappa shape index (κ2) is 5.63. The largest absolute Gasteiger partial charge is 0.506 e. The van der Waals surface area contributed by atoms with Crippen LogP contribution in [0.25, 0.3) is 0 Å². The summed E-state index contributed by atoms with van der Waals surface area (Å²) in [6, 6.07) is 6.65. The molecule has 1 aliphatic rings. The zero-order chi connectivity index (χ0) is 15.6. The molecule has 1 heterocycles. The van der Waals surface area contributed by atoms with Gasteiger partial charge in [0.05, 0.1) is 5.69 Å². The first-order valence-corrected chi connectivity index (χ1v) is 6.84. The van der Waals surface area contributed by atoms with Crippen LogP contribution in [0.5, 0.6) is 5.75 Å². The van der Waals surface area contributed by atoms with E-state index in [1.165, 1.54) is 15.9 Å². The number of piperazine rings is 1. The number of phenolic OH excluding ortho intramolecular Hbond substituents is 1. The minimum Gasteiger partial charge on any atom is -0.506 e. The van der Waals surface area contributed by atoms with Crippen molar-refractivity contribution in [2.24, 2.45) is 0 Å². The third-order valence-electron chi connectivity index (χ3n) is 3.04. The van der Waals surface area contributed by atoms with Crippen molar-refractivity contribution < 1.29 is 19.4 Å². The van der Waals surface area contributed by atoms with Crippen molar-refractivity contribution in [2.75, 3.05) is 24.5 Å². The average Bonchev–Trinajstić information content (AvgIpc) is 2.38. The van der Waals surface area contributed by atoms with Crippen LogP contribution in [0.4, 0.5) is 10.5 Å². The molecule has 0 unspecified atom stereocenters. The SMILES string of the molecule is CC(C)(C)OC(=O)N1CCN(c2ccccc2O)C(=O)C1. The van der Waals surface area contributed by atoms with Crippen LogP contribution in [0.15, 0.2) is 24.3 Å². The first-order chi connectivity index (χ1) is 9.78. The fraction of sp³-hybridized carbons (Fsp3) is 0.467. The molecule has 0 aliphatic carbocycles. The molecule has 1 fully saturated rings. The highest BCUT2D eigenvalue weighted by molar-refractivity contribution is 5.98. The van der Waals surface area contributed by atoms with Gasteiger partial charge in [-0.3, -0.25) is 9.69 Å². The minimum atomic E-state index is -0.588. The molecular weight excluding hydrogens is 272 g/mol. The summed E-state index contributed by atoms with van der Waals surface area (Å²) in [5.74, 6) is -0.190. The van der Waals surface area contributed by atoms with Crippen molar-refractivity contribution in [2.45, 2.75) is 26.4 Å². The Bertz CT molecular complexity index is 551. The van der Waals surface area contributed by atoms with Crippen molar-refractivity contribution >= 4 is 17.7 Å². The van der Waals surface area contributed by atoms with Gasteiger partial charge in [-0.15, -0.1) is 0 Å². The van der Waals surface area contributed by atoms with Gasteiger partial charge >= 0.3 is 6.09 Å². The van der Waals surface area contributed by atoms with Gasteiger partial charge in [0, 0.05) is 13.1 Å². The lowest BCUT2D eigenvalue weighted by molar-refractivity contribution is -0.121. The second-order valence-corrected chi connectivity index (χ2v) is 5.94. The van der Waals surface area contributed by atoms with Crippen LogP contribution in [0.3, 0.4) is 0 Å². The molecule has 0 radical (unpaired) electrons. The molecule has 0 spiro atoms. The van der Waals surface area contributed by atoms with Gasteiger partial charge in [-0.1, -0.05) is 12.1 Å². The van der Waals surface area contributed by atoms with Crippen LogP contribution in [-0.2, 0) is 9.53 Å². The lowest BCUT2D eigenvalue weighted by atomic mass is 10.2. The maximum Gasteiger partial charge on any atom is 0.410 e. The molecule has 2 amide bonds. The van der Waals surface area contributed by atoms with E-state index in [0.29, 0.717) is 18.8 Å². The van der Waals surface area contributed by atoms with E-state index in [-0.39, 0.29) is 18.2 Å². The summed E-state index contributed by atoms with van der Waals surface area (Å²) in [6.07, 6.45) is -0.493. The third-order valence-corrected chi connectivity index (χ3v) is 3.04. The number of aromatic hydroxyl groups is 1. The fourth-order valence-electron chi connectivity index (χ4n) is 2.10. The first kappa shape index (κ1) is 15.2. The number of carbonyl (C=O) groups excluding carboxylic acids is 2. The number of anilines is 1. The number of benzene rings is 1. The van der Waals surface area contributed by atoms with Gasteiger partial charge in [-0.25, -0.2) is 4.79 Å². The monoisotopic (exact) mass is 292 g/mol. The lowest BCUT2D eigenvalue weighted by Crippen LogP contribution is -2.53. The molecule has 0 saturated carbocycles. The summed E-state index contributed by atoms with van der Waals surface area (Å²) >= 11 is 0. The summed E-state index contributed by atoms with van der Waals surface area (Å²) in [4.78, 5) is 27.0. The Morgan fingerprint density at radius 3 is 2.48 bits per heavy atom. The van der Waals surface area contributed by atoms with Gasteiger partial charge < -0.3 is 14.7 Å². The molecule has 2 rings (SSSR count). The second-order valence-electron chi connectivity index (χ2n) is 5.94. The predicted octanol–water partition coefficient (Wildman–Crippen LogP) is 1.98. The van der Waals surface area contributed by atoms with E-state index in [1.807, 2.05) is 0 Å². The molecule has 1 saturated heterocycles. The number of carbonyl (C=O) groups is 2. The first-order valence-electron chi connectivity index (χ1n) is 6.84.